The van der Waals surface area contributed by atoms with Crippen LogP contribution in [0.2, 0.25) is 0 Å². The van der Waals surface area contributed by atoms with E-state index in [1.165, 1.54) is 44.9 Å². The Morgan fingerprint density at radius 2 is 1.55 bits per heavy atom. The SMILES string of the molecule is CC(C)(C)C1CCC(OC(=O)CC2CCCCC2)CC1. The lowest BCUT2D eigenvalue weighted by molar-refractivity contribution is -0.152. The molecule has 0 aromatic heterocycles. The average molecular weight is 280 g/mol. The van der Waals surface area contributed by atoms with Crippen LogP contribution in [0.1, 0.15) is 85.0 Å². The second-order valence-corrected chi connectivity index (χ2v) is 8.04. The highest BCUT2D eigenvalue weighted by atomic mass is 16.5. The molecule has 0 aliphatic heterocycles. The van der Waals surface area contributed by atoms with E-state index >= 15 is 0 Å². The number of esters is 1. The monoisotopic (exact) mass is 280 g/mol. The van der Waals surface area contributed by atoms with Crippen LogP contribution >= 0.6 is 0 Å². The lowest BCUT2D eigenvalue weighted by Gasteiger charge is -2.36. The summed E-state index contributed by atoms with van der Waals surface area (Å²) in [5.41, 5.74) is 0.400. The Labute approximate surface area is 124 Å². The van der Waals surface area contributed by atoms with Crippen LogP contribution in [0.3, 0.4) is 0 Å². The fourth-order valence-corrected chi connectivity index (χ4v) is 3.91. The van der Waals surface area contributed by atoms with Gasteiger partial charge in [-0.1, -0.05) is 40.0 Å². The summed E-state index contributed by atoms with van der Waals surface area (Å²) in [6, 6.07) is 0. The van der Waals surface area contributed by atoms with E-state index in [-0.39, 0.29) is 12.1 Å². The standard InChI is InChI=1S/C18H32O2/c1-18(2,3)15-9-11-16(12-10-15)20-17(19)13-14-7-5-4-6-8-14/h14-16H,4-13H2,1-3H3. The van der Waals surface area contributed by atoms with Gasteiger partial charge in [-0.2, -0.15) is 0 Å². The first kappa shape index (κ1) is 15.9. The Bertz CT molecular complexity index is 302. The number of carbonyl (C=O) groups excluding carboxylic acids is 1. The van der Waals surface area contributed by atoms with Crippen molar-refractivity contribution in [2.24, 2.45) is 17.3 Å². The molecular formula is C18H32O2. The van der Waals surface area contributed by atoms with Gasteiger partial charge in [0.15, 0.2) is 0 Å². The minimum Gasteiger partial charge on any atom is -0.462 e. The van der Waals surface area contributed by atoms with Gasteiger partial charge in [-0.25, -0.2) is 0 Å². The smallest absolute Gasteiger partial charge is 0.306 e. The molecule has 0 atom stereocenters. The summed E-state index contributed by atoms with van der Waals surface area (Å²) in [7, 11) is 0. The molecule has 0 radical (unpaired) electrons. The van der Waals surface area contributed by atoms with Crippen molar-refractivity contribution in [2.45, 2.75) is 91.1 Å². The maximum Gasteiger partial charge on any atom is 0.306 e. The fourth-order valence-electron chi connectivity index (χ4n) is 3.91. The van der Waals surface area contributed by atoms with E-state index in [1.54, 1.807) is 0 Å². The largest absolute Gasteiger partial charge is 0.462 e. The molecule has 116 valence electrons. The minimum absolute atomic E-state index is 0.0658. The Hall–Kier alpha value is -0.530. The quantitative estimate of drug-likeness (QED) is 0.672. The van der Waals surface area contributed by atoms with Gasteiger partial charge in [0.05, 0.1) is 0 Å². The van der Waals surface area contributed by atoms with E-state index < -0.39 is 0 Å². The maximum absolute atomic E-state index is 12.0. The topological polar surface area (TPSA) is 26.3 Å². The summed E-state index contributed by atoms with van der Waals surface area (Å²) >= 11 is 0. The van der Waals surface area contributed by atoms with E-state index in [9.17, 15) is 4.79 Å². The maximum atomic E-state index is 12.0. The van der Waals surface area contributed by atoms with Crippen LogP contribution in [0.4, 0.5) is 0 Å². The molecule has 0 aromatic rings. The van der Waals surface area contributed by atoms with Gasteiger partial charge in [0.2, 0.25) is 0 Å². The van der Waals surface area contributed by atoms with Crippen molar-refractivity contribution in [1.82, 2.24) is 0 Å². The molecule has 2 aliphatic rings. The van der Waals surface area contributed by atoms with Crippen LogP contribution in [0.15, 0.2) is 0 Å². The molecule has 2 saturated carbocycles. The van der Waals surface area contributed by atoms with Crippen LogP contribution in [0.5, 0.6) is 0 Å². The molecule has 0 amide bonds. The van der Waals surface area contributed by atoms with Gasteiger partial charge in [0.25, 0.3) is 0 Å². The number of rotatable bonds is 3. The highest BCUT2D eigenvalue weighted by molar-refractivity contribution is 5.69. The van der Waals surface area contributed by atoms with E-state index in [2.05, 4.69) is 20.8 Å². The molecule has 0 unspecified atom stereocenters. The molecule has 2 heteroatoms. The molecule has 0 bridgehead atoms. The Morgan fingerprint density at radius 1 is 0.950 bits per heavy atom. The molecule has 0 saturated heterocycles. The molecular weight excluding hydrogens is 248 g/mol. The van der Waals surface area contributed by atoms with Gasteiger partial charge in [0, 0.05) is 6.42 Å². The highest BCUT2D eigenvalue weighted by Crippen LogP contribution is 2.38. The van der Waals surface area contributed by atoms with Crippen LogP contribution < -0.4 is 0 Å². The second kappa shape index (κ2) is 6.95. The lowest BCUT2D eigenvalue weighted by Crippen LogP contribution is -2.30. The Kier molecular flexibility index (Phi) is 5.51. The summed E-state index contributed by atoms with van der Waals surface area (Å²) in [6.07, 6.45) is 11.8. The first-order valence-corrected chi connectivity index (χ1v) is 8.64. The summed E-state index contributed by atoms with van der Waals surface area (Å²) in [4.78, 5) is 12.0. The zero-order valence-electron chi connectivity index (χ0n) is 13.6. The van der Waals surface area contributed by atoms with Crippen LogP contribution in [0, 0.1) is 17.3 Å². The predicted octanol–water partition coefficient (Wildman–Crippen LogP) is 5.10. The molecule has 20 heavy (non-hydrogen) atoms. The van der Waals surface area contributed by atoms with Crippen LogP contribution in [-0.4, -0.2) is 12.1 Å². The predicted molar refractivity (Wildman–Crippen MR) is 82.5 cm³/mol. The number of hydrogen-bond donors (Lipinski definition) is 0. The van der Waals surface area contributed by atoms with E-state index in [4.69, 9.17) is 4.74 Å². The van der Waals surface area contributed by atoms with Gasteiger partial charge in [-0.05, 0) is 55.8 Å². The van der Waals surface area contributed by atoms with Crippen molar-refractivity contribution < 1.29 is 9.53 Å². The Morgan fingerprint density at radius 3 is 2.10 bits per heavy atom. The van der Waals surface area contributed by atoms with Crippen molar-refractivity contribution in [3.63, 3.8) is 0 Å². The molecule has 2 nitrogen and oxygen atoms in total. The van der Waals surface area contributed by atoms with Gasteiger partial charge < -0.3 is 4.74 Å². The van der Waals surface area contributed by atoms with Gasteiger partial charge in [-0.3, -0.25) is 4.79 Å². The van der Waals surface area contributed by atoms with Gasteiger partial charge >= 0.3 is 5.97 Å². The number of carbonyl (C=O) groups is 1. The normalized spacial score (nSPS) is 29.1. The molecule has 0 aromatic carbocycles. The summed E-state index contributed by atoms with van der Waals surface area (Å²) < 4.78 is 5.72. The van der Waals surface area contributed by atoms with Crippen molar-refractivity contribution in [3.05, 3.63) is 0 Å². The molecule has 0 N–H and O–H groups in total. The minimum atomic E-state index is 0.0658. The molecule has 0 spiro atoms. The number of ether oxygens (including phenoxy) is 1. The van der Waals surface area contributed by atoms with E-state index in [0.717, 1.165) is 18.8 Å². The first-order chi connectivity index (χ1) is 9.45. The van der Waals surface area contributed by atoms with Crippen LogP contribution in [-0.2, 0) is 9.53 Å². The van der Waals surface area contributed by atoms with Gasteiger partial charge in [0.1, 0.15) is 6.10 Å². The first-order valence-electron chi connectivity index (χ1n) is 8.64. The zero-order valence-corrected chi connectivity index (χ0v) is 13.6. The zero-order chi connectivity index (χ0) is 14.6. The summed E-state index contributed by atoms with van der Waals surface area (Å²) in [5.74, 6) is 1.45. The molecule has 2 fully saturated rings. The number of hydrogen-bond acceptors (Lipinski definition) is 2. The third-order valence-electron chi connectivity index (χ3n) is 5.38. The van der Waals surface area contributed by atoms with Crippen molar-refractivity contribution in [3.8, 4) is 0 Å². The lowest BCUT2D eigenvalue weighted by atomic mass is 9.72. The average Bonchev–Trinajstić information content (AvgIpc) is 2.39. The van der Waals surface area contributed by atoms with Crippen LogP contribution in [0.25, 0.3) is 0 Å². The summed E-state index contributed by atoms with van der Waals surface area (Å²) in [5, 5.41) is 0. The van der Waals surface area contributed by atoms with Gasteiger partial charge in [-0.15, -0.1) is 0 Å². The highest BCUT2D eigenvalue weighted by Gasteiger charge is 2.31. The van der Waals surface area contributed by atoms with E-state index in [1.807, 2.05) is 0 Å². The molecule has 2 rings (SSSR count). The van der Waals surface area contributed by atoms with Crippen molar-refractivity contribution >= 4 is 5.97 Å². The Balaban J connectivity index is 1.68. The molecule has 2 aliphatic carbocycles. The second-order valence-electron chi connectivity index (χ2n) is 8.04. The van der Waals surface area contributed by atoms with E-state index in [0.29, 0.717) is 17.8 Å². The third kappa shape index (κ3) is 4.79. The van der Waals surface area contributed by atoms with Crippen molar-refractivity contribution in [1.29, 1.82) is 0 Å². The molecule has 0 heterocycles. The van der Waals surface area contributed by atoms with Crippen molar-refractivity contribution in [2.75, 3.05) is 0 Å². The summed E-state index contributed by atoms with van der Waals surface area (Å²) in [6.45, 7) is 6.98. The fraction of sp³-hybridized carbons (Fsp3) is 0.944. The third-order valence-corrected chi connectivity index (χ3v) is 5.38.